The second kappa shape index (κ2) is 7.26. The third kappa shape index (κ3) is 3.69. The van der Waals surface area contributed by atoms with Crippen LogP contribution >= 0.6 is 15.9 Å². The standard InChI is InChI=1S/C18H27BrN2/c1-2-11-21(13-14-7-9-20-10-8-14)18-6-3-15-12-16(19)4-5-17(15)18/h4-5,12,14,18,20H,2-3,6-11,13H2,1H3. The number of halogens is 1. The van der Waals surface area contributed by atoms with Crippen LogP contribution in [0.25, 0.3) is 0 Å². The van der Waals surface area contributed by atoms with E-state index in [4.69, 9.17) is 0 Å². The molecule has 2 aliphatic rings. The lowest BCUT2D eigenvalue weighted by atomic mass is 9.96. The van der Waals surface area contributed by atoms with Crippen molar-refractivity contribution < 1.29 is 0 Å². The molecule has 0 spiro atoms. The Balaban J connectivity index is 1.72. The first-order chi connectivity index (χ1) is 10.3. The summed E-state index contributed by atoms with van der Waals surface area (Å²) in [4.78, 5) is 2.77. The van der Waals surface area contributed by atoms with Crippen molar-refractivity contribution in [2.45, 2.75) is 45.1 Å². The molecule has 1 aliphatic heterocycles. The maximum Gasteiger partial charge on any atom is 0.0354 e. The fraction of sp³-hybridized carbons (Fsp3) is 0.667. The molecule has 0 amide bonds. The molecule has 1 fully saturated rings. The van der Waals surface area contributed by atoms with Crippen molar-refractivity contribution in [3.8, 4) is 0 Å². The van der Waals surface area contributed by atoms with E-state index in [2.05, 4.69) is 51.3 Å². The summed E-state index contributed by atoms with van der Waals surface area (Å²) < 4.78 is 1.22. The number of rotatable bonds is 5. The van der Waals surface area contributed by atoms with Crippen LogP contribution in [-0.2, 0) is 6.42 Å². The second-order valence-electron chi connectivity index (χ2n) is 6.59. The van der Waals surface area contributed by atoms with Crippen LogP contribution in [0.1, 0.15) is 49.8 Å². The maximum absolute atomic E-state index is 3.61. The lowest BCUT2D eigenvalue weighted by molar-refractivity contribution is 0.151. The number of aryl methyl sites for hydroxylation is 1. The molecule has 1 aromatic rings. The minimum absolute atomic E-state index is 0.655. The van der Waals surface area contributed by atoms with Crippen LogP contribution in [-0.4, -0.2) is 31.1 Å². The van der Waals surface area contributed by atoms with Crippen molar-refractivity contribution in [3.63, 3.8) is 0 Å². The van der Waals surface area contributed by atoms with Crippen LogP contribution in [0.5, 0.6) is 0 Å². The van der Waals surface area contributed by atoms with Gasteiger partial charge in [-0.3, -0.25) is 4.90 Å². The molecule has 1 aromatic carbocycles. The van der Waals surface area contributed by atoms with Gasteiger partial charge in [-0.25, -0.2) is 0 Å². The highest BCUT2D eigenvalue weighted by atomic mass is 79.9. The molecule has 1 aliphatic carbocycles. The number of nitrogens with one attached hydrogen (secondary N) is 1. The molecular formula is C18H27BrN2. The first-order valence-corrected chi connectivity index (χ1v) is 9.30. The summed E-state index contributed by atoms with van der Waals surface area (Å²) in [6.07, 6.45) is 6.50. The molecule has 0 bridgehead atoms. The van der Waals surface area contributed by atoms with Gasteiger partial charge in [-0.05, 0) is 80.9 Å². The minimum Gasteiger partial charge on any atom is -0.317 e. The van der Waals surface area contributed by atoms with E-state index in [0.29, 0.717) is 6.04 Å². The van der Waals surface area contributed by atoms with E-state index in [1.807, 2.05) is 0 Å². The number of hydrogen-bond acceptors (Lipinski definition) is 2. The minimum atomic E-state index is 0.655. The van der Waals surface area contributed by atoms with E-state index in [1.165, 1.54) is 62.8 Å². The summed E-state index contributed by atoms with van der Waals surface area (Å²) in [5, 5.41) is 3.49. The molecule has 3 rings (SSSR count). The zero-order chi connectivity index (χ0) is 14.7. The Morgan fingerprint density at radius 3 is 2.81 bits per heavy atom. The van der Waals surface area contributed by atoms with Crippen LogP contribution in [0.15, 0.2) is 22.7 Å². The summed E-state index contributed by atoms with van der Waals surface area (Å²) in [5.74, 6) is 0.886. The third-order valence-electron chi connectivity index (χ3n) is 5.05. The molecule has 1 unspecified atom stereocenters. The fourth-order valence-corrected chi connectivity index (χ4v) is 4.41. The van der Waals surface area contributed by atoms with E-state index in [1.54, 1.807) is 11.1 Å². The highest BCUT2D eigenvalue weighted by Gasteiger charge is 2.29. The summed E-state index contributed by atoms with van der Waals surface area (Å²) in [6, 6.07) is 7.54. The Bertz CT molecular complexity index is 468. The van der Waals surface area contributed by atoms with Gasteiger partial charge in [0.05, 0.1) is 0 Å². The first kappa shape index (κ1) is 15.5. The molecular weight excluding hydrogens is 324 g/mol. The molecule has 21 heavy (non-hydrogen) atoms. The lowest BCUT2D eigenvalue weighted by Crippen LogP contribution is -2.38. The van der Waals surface area contributed by atoms with E-state index >= 15 is 0 Å². The summed E-state index contributed by atoms with van der Waals surface area (Å²) in [5.41, 5.74) is 3.14. The summed E-state index contributed by atoms with van der Waals surface area (Å²) in [7, 11) is 0. The van der Waals surface area contributed by atoms with Crippen molar-refractivity contribution in [1.29, 1.82) is 0 Å². The molecule has 0 saturated carbocycles. The van der Waals surface area contributed by atoms with Gasteiger partial charge in [-0.1, -0.05) is 28.9 Å². The van der Waals surface area contributed by atoms with Gasteiger partial charge >= 0.3 is 0 Å². The van der Waals surface area contributed by atoms with Gasteiger partial charge in [-0.15, -0.1) is 0 Å². The van der Waals surface area contributed by atoms with E-state index in [0.717, 1.165) is 5.92 Å². The van der Waals surface area contributed by atoms with Crippen molar-refractivity contribution in [2.24, 2.45) is 5.92 Å². The second-order valence-corrected chi connectivity index (χ2v) is 7.50. The van der Waals surface area contributed by atoms with Gasteiger partial charge in [0.15, 0.2) is 0 Å². The van der Waals surface area contributed by atoms with Gasteiger partial charge in [0.25, 0.3) is 0 Å². The fourth-order valence-electron chi connectivity index (χ4n) is 4.00. The predicted octanol–water partition coefficient (Wildman–Crippen LogP) is 4.15. The molecule has 1 saturated heterocycles. The topological polar surface area (TPSA) is 15.3 Å². The number of benzene rings is 1. The Morgan fingerprint density at radius 1 is 1.24 bits per heavy atom. The number of fused-ring (bicyclic) bond motifs is 1. The molecule has 1 heterocycles. The molecule has 0 radical (unpaired) electrons. The average molecular weight is 351 g/mol. The Morgan fingerprint density at radius 2 is 2.05 bits per heavy atom. The third-order valence-corrected chi connectivity index (χ3v) is 5.55. The van der Waals surface area contributed by atoms with Crippen LogP contribution in [0.3, 0.4) is 0 Å². The van der Waals surface area contributed by atoms with Crippen molar-refractivity contribution in [1.82, 2.24) is 10.2 Å². The van der Waals surface area contributed by atoms with E-state index < -0.39 is 0 Å². The molecule has 116 valence electrons. The van der Waals surface area contributed by atoms with E-state index in [9.17, 15) is 0 Å². The van der Waals surface area contributed by atoms with E-state index in [-0.39, 0.29) is 0 Å². The number of hydrogen-bond donors (Lipinski definition) is 1. The van der Waals surface area contributed by atoms with Crippen LogP contribution in [0.2, 0.25) is 0 Å². The Hall–Kier alpha value is -0.380. The summed E-state index contributed by atoms with van der Waals surface area (Å²) in [6.45, 7) is 7.25. The lowest BCUT2D eigenvalue weighted by Gasteiger charge is -2.34. The smallest absolute Gasteiger partial charge is 0.0354 e. The average Bonchev–Trinajstić information content (AvgIpc) is 2.90. The maximum atomic E-state index is 3.61. The SMILES string of the molecule is CCCN(CC1CCNCC1)C1CCc2cc(Br)ccc21. The quantitative estimate of drug-likeness (QED) is 0.857. The van der Waals surface area contributed by atoms with Gasteiger partial charge in [-0.2, -0.15) is 0 Å². The predicted molar refractivity (Wildman–Crippen MR) is 92.7 cm³/mol. The molecule has 2 nitrogen and oxygen atoms in total. The van der Waals surface area contributed by atoms with Gasteiger partial charge in [0.1, 0.15) is 0 Å². The van der Waals surface area contributed by atoms with Crippen molar-refractivity contribution in [2.75, 3.05) is 26.2 Å². The zero-order valence-electron chi connectivity index (χ0n) is 13.1. The Kier molecular flexibility index (Phi) is 5.36. The van der Waals surface area contributed by atoms with Gasteiger partial charge in [0.2, 0.25) is 0 Å². The Labute approximate surface area is 137 Å². The highest BCUT2D eigenvalue weighted by molar-refractivity contribution is 9.10. The molecule has 1 atom stereocenters. The zero-order valence-corrected chi connectivity index (χ0v) is 14.7. The highest BCUT2D eigenvalue weighted by Crippen LogP contribution is 2.37. The number of nitrogens with zero attached hydrogens (tertiary/aromatic N) is 1. The monoisotopic (exact) mass is 350 g/mol. The van der Waals surface area contributed by atoms with Crippen LogP contribution < -0.4 is 5.32 Å². The van der Waals surface area contributed by atoms with Gasteiger partial charge < -0.3 is 5.32 Å². The summed E-state index contributed by atoms with van der Waals surface area (Å²) >= 11 is 3.61. The van der Waals surface area contributed by atoms with Crippen LogP contribution in [0, 0.1) is 5.92 Å². The molecule has 0 aromatic heterocycles. The normalized spacial score (nSPS) is 22.7. The largest absolute Gasteiger partial charge is 0.317 e. The molecule has 3 heteroatoms. The number of piperidine rings is 1. The first-order valence-electron chi connectivity index (χ1n) is 8.51. The van der Waals surface area contributed by atoms with Crippen molar-refractivity contribution >= 4 is 15.9 Å². The van der Waals surface area contributed by atoms with Crippen molar-refractivity contribution in [3.05, 3.63) is 33.8 Å². The molecule has 1 N–H and O–H groups in total. The van der Waals surface area contributed by atoms with Crippen LogP contribution in [0.4, 0.5) is 0 Å². The van der Waals surface area contributed by atoms with Gasteiger partial charge in [0, 0.05) is 17.1 Å².